The Bertz CT molecular complexity index is 985. The third kappa shape index (κ3) is 3.07. The first-order valence-corrected chi connectivity index (χ1v) is 9.26. The average Bonchev–Trinajstić information content (AvgIpc) is 3.23. The summed E-state index contributed by atoms with van der Waals surface area (Å²) in [6.07, 6.45) is 2.08. The van der Waals surface area contributed by atoms with Crippen LogP contribution in [0.25, 0.3) is 0 Å². The summed E-state index contributed by atoms with van der Waals surface area (Å²) in [7, 11) is 0. The Balaban J connectivity index is 1.79. The number of para-hydroxylation sites is 2. The summed E-state index contributed by atoms with van der Waals surface area (Å²) in [5, 5.41) is 3.65. The second kappa shape index (κ2) is 7.31. The number of anilines is 2. The van der Waals surface area contributed by atoms with Gasteiger partial charge < -0.3 is 14.3 Å². The normalized spacial score (nSPS) is 18.4. The molecule has 0 spiro atoms. The Kier molecular flexibility index (Phi) is 4.69. The Morgan fingerprint density at radius 3 is 2.46 bits per heavy atom. The van der Waals surface area contributed by atoms with E-state index in [2.05, 4.69) is 5.16 Å². The Labute approximate surface area is 163 Å². The predicted octanol–water partition coefficient (Wildman–Crippen LogP) is 4.21. The van der Waals surface area contributed by atoms with Crippen molar-refractivity contribution < 1.29 is 14.1 Å². The van der Waals surface area contributed by atoms with Gasteiger partial charge in [0.25, 0.3) is 5.91 Å². The van der Waals surface area contributed by atoms with Crippen LogP contribution in [-0.2, 0) is 4.79 Å². The van der Waals surface area contributed by atoms with E-state index in [-0.39, 0.29) is 29.7 Å². The number of hydrogen-bond donors (Lipinski definition) is 0. The number of aromatic nitrogens is 1. The lowest BCUT2D eigenvalue weighted by Crippen LogP contribution is -2.47. The van der Waals surface area contributed by atoms with Crippen molar-refractivity contribution in [1.82, 2.24) is 5.16 Å². The summed E-state index contributed by atoms with van der Waals surface area (Å²) in [6.45, 7) is 3.56. The molecule has 0 saturated heterocycles. The zero-order chi connectivity index (χ0) is 19.7. The van der Waals surface area contributed by atoms with Gasteiger partial charge in [-0.15, -0.1) is 0 Å². The molecular weight excluding hydrogens is 354 g/mol. The largest absolute Gasteiger partial charge is 0.351 e. The standard InChI is InChI=1S/C22H21N3O3/c1-15-14-20(25(16(2)26)17-8-4-3-5-9-17)18-10-6-7-11-19(18)24(15)22(27)21-12-13-23-28-21/h3-13,15,20H,14H2,1-2H3/t15-,20+/m0/s1. The lowest BCUT2D eigenvalue weighted by molar-refractivity contribution is -0.117. The quantitative estimate of drug-likeness (QED) is 0.688. The van der Waals surface area contributed by atoms with Gasteiger partial charge in [-0.05, 0) is 37.1 Å². The molecule has 0 bridgehead atoms. The smallest absolute Gasteiger partial charge is 0.297 e. The monoisotopic (exact) mass is 375 g/mol. The molecule has 1 aromatic heterocycles. The maximum Gasteiger partial charge on any atom is 0.297 e. The molecule has 2 amide bonds. The van der Waals surface area contributed by atoms with Crippen molar-refractivity contribution in [3.05, 3.63) is 78.2 Å². The average molecular weight is 375 g/mol. The van der Waals surface area contributed by atoms with Gasteiger partial charge in [0.15, 0.2) is 0 Å². The van der Waals surface area contributed by atoms with Crippen LogP contribution in [0.4, 0.5) is 11.4 Å². The van der Waals surface area contributed by atoms with Gasteiger partial charge in [-0.1, -0.05) is 41.6 Å². The van der Waals surface area contributed by atoms with Crippen molar-refractivity contribution >= 4 is 23.2 Å². The third-order valence-corrected chi connectivity index (χ3v) is 5.11. The van der Waals surface area contributed by atoms with E-state index in [0.29, 0.717) is 6.42 Å². The van der Waals surface area contributed by atoms with E-state index in [1.807, 2.05) is 66.4 Å². The highest BCUT2D eigenvalue weighted by Crippen LogP contribution is 2.42. The topological polar surface area (TPSA) is 66.7 Å². The van der Waals surface area contributed by atoms with Crippen molar-refractivity contribution in [2.45, 2.75) is 32.4 Å². The molecule has 6 heteroatoms. The first kappa shape index (κ1) is 18.0. The van der Waals surface area contributed by atoms with Gasteiger partial charge in [0.2, 0.25) is 11.7 Å². The van der Waals surface area contributed by atoms with Crippen molar-refractivity contribution in [3.63, 3.8) is 0 Å². The Morgan fingerprint density at radius 2 is 1.79 bits per heavy atom. The molecular formula is C22H21N3O3. The molecule has 28 heavy (non-hydrogen) atoms. The van der Waals surface area contributed by atoms with Crippen LogP contribution in [0.1, 0.15) is 42.4 Å². The summed E-state index contributed by atoms with van der Waals surface area (Å²) in [6, 6.07) is 18.6. The van der Waals surface area contributed by atoms with Gasteiger partial charge in [0.05, 0.1) is 12.2 Å². The number of carbonyl (C=O) groups is 2. The van der Waals surface area contributed by atoms with E-state index in [9.17, 15) is 9.59 Å². The molecule has 0 fully saturated rings. The third-order valence-electron chi connectivity index (χ3n) is 5.11. The van der Waals surface area contributed by atoms with Gasteiger partial charge >= 0.3 is 0 Å². The van der Waals surface area contributed by atoms with E-state index in [1.165, 1.54) is 6.20 Å². The molecule has 0 aliphatic carbocycles. The number of fused-ring (bicyclic) bond motifs is 1. The van der Waals surface area contributed by atoms with Crippen molar-refractivity contribution in [1.29, 1.82) is 0 Å². The van der Waals surface area contributed by atoms with Crippen LogP contribution in [0.2, 0.25) is 0 Å². The second-order valence-corrected chi connectivity index (χ2v) is 6.94. The lowest BCUT2D eigenvalue weighted by atomic mass is 9.89. The van der Waals surface area contributed by atoms with Gasteiger partial charge in [0.1, 0.15) is 0 Å². The second-order valence-electron chi connectivity index (χ2n) is 6.94. The summed E-state index contributed by atoms with van der Waals surface area (Å²) in [5.74, 6) is -0.0650. The zero-order valence-corrected chi connectivity index (χ0v) is 15.8. The van der Waals surface area contributed by atoms with Gasteiger partial charge in [-0.3, -0.25) is 9.59 Å². The number of hydrogen-bond acceptors (Lipinski definition) is 4. The van der Waals surface area contributed by atoms with Crippen molar-refractivity contribution in [2.75, 3.05) is 9.80 Å². The Morgan fingerprint density at radius 1 is 1.07 bits per heavy atom. The highest BCUT2D eigenvalue weighted by Gasteiger charge is 2.38. The van der Waals surface area contributed by atoms with Crippen LogP contribution in [0.5, 0.6) is 0 Å². The lowest BCUT2D eigenvalue weighted by Gasteiger charge is -2.43. The summed E-state index contributed by atoms with van der Waals surface area (Å²) >= 11 is 0. The number of amides is 2. The molecule has 0 radical (unpaired) electrons. The van der Waals surface area contributed by atoms with E-state index in [1.54, 1.807) is 17.9 Å². The molecule has 6 nitrogen and oxygen atoms in total. The Hall–Kier alpha value is -3.41. The first-order chi connectivity index (χ1) is 13.6. The first-order valence-electron chi connectivity index (χ1n) is 9.26. The van der Waals surface area contributed by atoms with Crippen LogP contribution < -0.4 is 9.80 Å². The highest BCUT2D eigenvalue weighted by atomic mass is 16.5. The molecule has 2 heterocycles. The van der Waals surface area contributed by atoms with E-state index in [4.69, 9.17) is 4.52 Å². The molecule has 2 atom stereocenters. The molecule has 0 saturated carbocycles. The highest BCUT2D eigenvalue weighted by molar-refractivity contribution is 6.05. The van der Waals surface area contributed by atoms with Crippen LogP contribution in [0.15, 0.2) is 71.4 Å². The molecule has 0 unspecified atom stereocenters. The van der Waals surface area contributed by atoms with Gasteiger partial charge in [-0.2, -0.15) is 0 Å². The summed E-state index contributed by atoms with van der Waals surface area (Å²) < 4.78 is 5.09. The molecule has 0 N–H and O–H groups in total. The fraction of sp³-hybridized carbons (Fsp3) is 0.227. The van der Waals surface area contributed by atoms with Gasteiger partial charge in [-0.25, -0.2) is 0 Å². The van der Waals surface area contributed by atoms with Crippen LogP contribution in [-0.4, -0.2) is 23.0 Å². The van der Waals surface area contributed by atoms with E-state index in [0.717, 1.165) is 16.9 Å². The zero-order valence-electron chi connectivity index (χ0n) is 15.8. The minimum atomic E-state index is -0.231. The molecule has 2 aromatic carbocycles. The molecule has 4 rings (SSSR count). The summed E-state index contributed by atoms with van der Waals surface area (Å²) in [4.78, 5) is 29.2. The molecule has 1 aliphatic heterocycles. The van der Waals surface area contributed by atoms with Crippen LogP contribution in [0, 0.1) is 0 Å². The molecule has 3 aromatic rings. The molecule has 142 valence electrons. The summed E-state index contributed by atoms with van der Waals surface area (Å²) in [5.41, 5.74) is 2.57. The fourth-order valence-corrected chi connectivity index (χ4v) is 3.95. The number of carbonyl (C=O) groups excluding carboxylic acids is 2. The predicted molar refractivity (Wildman–Crippen MR) is 106 cm³/mol. The van der Waals surface area contributed by atoms with E-state index < -0.39 is 0 Å². The van der Waals surface area contributed by atoms with Crippen molar-refractivity contribution in [3.8, 4) is 0 Å². The molecule has 1 aliphatic rings. The van der Waals surface area contributed by atoms with Crippen LogP contribution >= 0.6 is 0 Å². The maximum absolute atomic E-state index is 13.0. The fourth-order valence-electron chi connectivity index (χ4n) is 3.95. The maximum atomic E-state index is 13.0. The van der Waals surface area contributed by atoms with Gasteiger partial charge in [0, 0.05) is 30.4 Å². The SMILES string of the molecule is CC(=O)N(c1ccccc1)[C@@H]1C[C@H](C)N(C(=O)c2ccno2)c2ccccc21. The van der Waals surface area contributed by atoms with Crippen molar-refractivity contribution in [2.24, 2.45) is 0 Å². The van der Waals surface area contributed by atoms with E-state index >= 15 is 0 Å². The number of rotatable bonds is 3. The minimum Gasteiger partial charge on any atom is -0.351 e. The number of benzene rings is 2. The van der Waals surface area contributed by atoms with Crippen LogP contribution in [0.3, 0.4) is 0 Å². The number of nitrogens with zero attached hydrogens (tertiary/aromatic N) is 3. The minimum absolute atomic E-state index is 0.0341.